The molecule has 0 aliphatic heterocycles. The van der Waals surface area contributed by atoms with Gasteiger partial charge in [-0.15, -0.1) is 24.5 Å². The van der Waals surface area contributed by atoms with Gasteiger partial charge in [-0.2, -0.15) is 0 Å². The van der Waals surface area contributed by atoms with E-state index in [4.69, 9.17) is 0 Å². The third kappa shape index (κ3) is 6.09. The third-order valence-electron chi connectivity index (χ3n) is 4.67. The molecule has 2 N–H and O–H groups in total. The van der Waals surface area contributed by atoms with Crippen LogP contribution in [-0.4, -0.2) is 36.4 Å². The van der Waals surface area contributed by atoms with E-state index in [1.807, 2.05) is 13.8 Å². The Hall–Kier alpha value is -2.29. The average molecular weight is 427 g/mol. The lowest BCUT2D eigenvalue weighted by atomic mass is 10.1. The maximum atomic E-state index is 12.6. The molecule has 0 radical (unpaired) electrons. The number of para-hydroxylation sites is 1. The molecule has 158 valence electrons. The number of nitrogens with zero attached hydrogens (tertiary/aromatic N) is 2. The van der Waals surface area contributed by atoms with Crippen molar-refractivity contribution in [3.63, 3.8) is 0 Å². The number of nitrogens with one attached hydrogen (secondary N) is 2. The van der Waals surface area contributed by atoms with E-state index in [-0.39, 0.29) is 17.7 Å². The minimum Gasteiger partial charge on any atom is -0.405 e. The van der Waals surface area contributed by atoms with E-state index < -0.39 is 6.36 Å². The Balaban J connectivity index is 1.60. The highest BCUT2D eigenvalue weighted by atomic mass is 32.1. The van der Waals surface area contributed by atoms with Crippen LogP contribution < -0.4 is 15.4 Å². The molecule has 0 saturated heterocycles. The van der Waals surface area contributed by atoms with Gasteiger partial charge in [0.25, 0.3) is 0 Å². The molecule has 1 aromatic heterocycles. The Morgan fingerprint density at radius 3 is 2.72 bits per heavy atom. The Morgan fingerprint density at radius 1 is 1.31 bits per heavy atom. The van der Waals surface area contributed by atoms with Gasteiger partial charge < -0.3 is 15.4 Å². The summed E-state index contributed by atoms with van der Waals surface area (Å²) in [5.74, 6) is 0.492. The van der Waals surface area contributed by atoms with Crippen molar-refractivity contribution in [2.45, 2.75) is 51.9 Å². The van der Waals surface area contributed by atoms with Gasteiger partial charge in [-0.25, -0.2) is 4.98 Å². The summed E-state index contributed by atoms with van der Waals surface area (Å²) in [6.07, 6.45) is -3.21. The Kier molecular flexibility index (Phi) is 6.66. The Morgan fingerprint density at radius 2 is 2.07 bits per heavy atom. The van der Waals surface area contributed by atoms with E-state index in [1.54, 1.807) is 29.5 Å². The highest BCUT2D eigenvalue weighted by Crippen LogP contribution is 2.45. The van der Waals surface area contributed by atoms with Crippen molar-refractivity contribution in [2.24, 2.45) is 4.99 Å². The minimum absolute atomic E-state index is 0.0233. The number of ether oxygens (including phenoxy) is 1. The van der Waals surface area contributed by atoms with Crippen molar-refractivity contribution in [3.8, 4) is 5.75 Å². The van der Waals surface area contributed by atoms with Gasteiger partial charge in [0.15, 0.2) is 5.96 Å². The lowest BCUT2D eigenvalue weighted by molar-refractivity contribution is -0.274. The lowest BCUT2D eigenvalue weighted by Gasteiger charge is -2.14. The first-order valence-corrected chi connectivity index (χ1v) is 10.4. The van der Waals surface area contributed by atoms with Crippen molar-refractivity contribution in [2.75, 3.05) is 13.1 Å². The molecule has 1 aliphatic rings. The van der Waals surface area contributed by atoms with Gasteiger partial charge in [0, 0.05) is 36.3 Å². The molecule has 2 atom stereocenters. The molecule has 0 spiro atoms. The van der Waals surface area contributed by atoms with Gasteiger partial charge >= 0.3 is 6.36 Å². The number of hydrogen-bond donors (Lipinski definition) is 2. The summed E-state index contributed by atoms with van der Waals surface area (Å²) in [7, 11) is 0. The molecule has 0 amide bonds. The first-order chi connectivity index (χ1) is 13.8. The van der Waals surface area contributed by atoms with E-state index in [9.17, 15) is 13.2 Å². The van der Waals surface area contributed by atoms with Crippen LogP contribution in [0.5, 0.6) is 5.75 Å². The smallest absolute Gasteiger partial charge is 0.405 e. The van der Waals surface area contributed by atoms with Crippen molar-refractivity contribution < 1.29 is 17.9 Å². The minimum atomic E-state index is -4.70. The fraction of sp³-hybridized carbons (Fsp3) is 0.500. The number of hydrogen-bond acceptors (Lipinski definition) is 4. The molecule has 1 heterocycles. The van der Waals surface area contributed by atoms with Crippen LogP contribution in [0.1, 0.15) is 40.4 Å². The van der Waals surface area contributed by atoms with Crippen LogP contribution in [0.4, 0.5) is 13.2 Å². The molecular weight excluding hydrogens is 401 g/mol. The lowest BCUT2D eigenvalue weighted by Crippen LogP contribution is -2.39. The van der Waals surface area contributed by atoms with Crippen molar-refractivity contribution in [1.82, 2.24) is 15.6 Å². The zero-order valence-electron chi connectivity index (χ0n) is 16.6. The molecule has 1 aromatic carbocycles. The molecule has 5 nitrogen and oxygen atoms in total. The van der Waals surface area contributed by atoms with Crippen LogP contribution in [-0.2, 0) is 6.42 Å². The Bertz CT molecular complexity index is 846. The van der Waals surface area contributed by atoms with E-state index in [2.05, 4.69) is 32.3 Å². The quantitative estimate of drug-likeness (QED) is 0.512. The first-order valence-electron chi connectivity index (χ1n) is 9.59. The van der Waals surface area contributed by atoms with E-state index in [0.717, 1.165) is 23.5 Å². The fourth-order valence-corrected chi connectivity index (χ4v) is 4.03. The van der Waals surface area contributed by atoms with Crippen LogP contribution >= 0.6 is 11.3 Å². The second kappa shape index (κ2) is 9.02. The molecule has 29 heavy (non-hydrogen) atoms. The fourth-order valence-electron chi connectivity index (χ4n) is 3.11. The number of halogens is 3. The van der Waals surface area contributed by atoms with E-state index in [0.29, 0.717) is 24.6 Å². The van der Waals surface area contributed by atoms with Crippen molar-refractivity contribution >= 4 is 17.3 Å². The van der Waals surface area contributed by atoms with Crippen molar-refractivity contribution in [3.05, 3.63) is 45.4 Å². The van der Waals surface area contributed by atoms with Gasteiger partial charge in [-0.1, -0.05) is 18.2 Å². The van der Waals surface area contributed by atoms with Gasteiger partial charge in [0.05, 0.1) is 10.7 Å². The second-order valence-electron chi connectivity index (χ2n) is 6.94. The zero-order valence-corrected chi connectivity index (χ0v) is 17.5. The van der Waals surface area contributed by atoms with E-state index in [1.165, 1.54) is 10.9 Å². The summed E-state index contributed by atoms with van der Waals surface area (Å²) < 4.78 is 42.1. The number of thiazole rings is 1. The summed E-state index contributed by atoms with van der Waals surface area (Å²) in [6.45, 7) is 7.32. The van der Waals surface area contributed by atoms with Crippen molar-refractivity contribution in [1.29, 1.82) is 0 Å². The van der Waals surface area contributed by atoms with Gasteiger partial charge in [-0.3, -0.25) is 4.99 Å². The van der Waals surface area contributed by atoms with Crippen LogP contribution in [0, 0.1) is 13.8 Å². The van der Waals surface area contributed by atoms with Gasteiger partial charge in [-0.05, 0) is 38.8 Å². The molecule has 3 rings (SSSR count). The summed E-state index contributed by atoms with van der Waals surface area (Å²) >= 11 is 1.68. The third-order valence-corrected chi connectivity index (χ3v) is 5.80. The number of benzene rings is 1. The predicted octanol–water partition coefficient (Wildman–Crippen LogP) is 4.31. The number of aryl methyl sites for hydroxylation is 2. The Labute approximate surface area is 172 Å². The molecule has 0 bridgehead atoms. The standard InChI is InChI=1S/C20H25F3N4OS/c1-4-24-19(25-10-9-18-26-12(2)13(3)29-18)27-16-11-15(16)14-7-5-6-8-17(14)28-20(21,22)23/h5-8,15-16H,4,9-11H2,1-3H3,(H2,24,25,27). The molecule has 2 aromatic rings. The van der Waals surface area contributed by atoms with Crippen LogP contribution in [0.15, 0.2) is 29.3 Å². The highest BCUT2D eigenvalue weighted by molar-refractivity contribution is 7.11. The average Bonchev–Trinajstić information content (AvgIpc) is 3.31. The van der Waals surface area contributed by atoms with Crippen LogP contribution in [0.25, 0.3) is 0 Å². The topological polar surface area (TPSA) is 58.5 Å². The number of alkyl halides is 3. The predicted molar refractivity (Wildman–Crippen MR) is 109 cm³/mol. The summed E-state index contributed by atoms with van der Waals surface area (Å²) in [5.41, 5.74) is 1.62. The number of aromatic nitrogens is 1. The second-order valence-corrected chi connectivity index (χ2v) is 8.23. The van der Waals surface area contributed by atoms with Crippen LogP contribution in [0.3, 0.4) is 0 Å². The molecule has 2 unspecified atom stereocenters. The maximum Gasteiger partial charge on any atom is 0.573 e. The molecular formula is C20H25F3N4OS. The monoisotopic (exact) mass is 426 g/mol. The summed E-state index contributed by atoms with van der Waals surface area (Å²) in [6, 6.07) is 6.34. The molecule has 1 saturated carbocycles. The highest BCUT2D eigenvalue weighted by Gasteiger charge is 2.42. The van der Waals surface area contributed by atoms with Crippen LogP contribution in [0.2, 0.25) is 0 Å². The molecule has 1 fully saturated rings. The van der Waals surface area contributed by atoms with Gasteiger partial charge in [0.1, 0.15) is 5.75 Å². The van der Waals surface area contributed by atoms with E-state index >= 15 is 0 Å². The zero-order chi connectivity index (χ0) is 21.0. The summed E-state index contributed by atoms with van der Waals surface area (Å²) in [4.78, 5) is 10.3. The van der Waals surface area contributed by atoms with Gasteiger partial charge in [0.2, 0.25) is 0 Å². The summed E-state index contributed by atoms with van der Waals surface area (Å²) in [5, 5.41) is 7.57. The SMILES string of the molecule is CCNC(=NCCc1nc(C)c(C)s1)NC1CC1c1ccccc1OC(F)(F)F. The number of aliphatic imine (C=N–C) groups is 1. The largest absolute Gasteiger partial charge is 0.573 e. The maximum absolute atomic E-state index is 12.6. The number of rotatable bonds is 7. The first kappa shape index (κ1) is 21.4. The normalized spacial score (nSPS) is 19.2. The molecule has 9 heteroatoms. The molecule has 1 aliphatic carbocycles. The number of guanidine groups is 1.